The number of piperidine rings is 1. The zero-order valence-electron chi connectivity index (χ0n) is 19.5. The smallest absolute Gasteiger partial charge is 0.339 e. The van der Waals surface area contributed by atoms with E-state index < -0.39 is 28.0 Å². The van der Waals surface area contributed by atoms with E-state index in [2.05, 4.69) is 17.4 Å². The lowest BCUT2D eigenvalue weighted by molar-refractivity contribution is -0.125. The van der Waals surface area contributed by atoms with Crippen LogP contribution in [-0.4, -0.2) is 42.8 Å². The van der Waals surface area contributed by atoms with E-state index in [9.17, 15) is 18.0 Å². The molecule has 1 atom stereocenters. The molecule has 1 unspecified atom stereocenters. The third kappa shape index (κ3) is 5.77. The van der Waals surface area contributed by atoms with Gasteiger partial charge in [0.05, 0.1) is 10.5 Å². The summed E-state index contributed by atoms with van der Waals surface area (Å²) >= 11 is 0. The maximum absolute atomic E-state index is 12.9. The Hall–Kier alpha value is -3.50. The number of carbonyl (C=O) groups is 2. The van der Waals surface area contributed by atoms with Gasteiger partial charge in [-0.05, 0) is 49.9 Å². The molecule has 1 fully saturated rings. The Morgan fingerprint density at radius 1 is 1.09 bits per heavy atom. The summed E-state index contributed by atoms with van der Waals surface area (Å²) in [7, 11) is -3.64. The number of amides is 1. The Morgan fingerprint density at radius 2 is 1.74 bits per heavy atom. The quantitative estimate of drug-likeness (QED) is 0.491. The molecule has 1 amide bonds. The molecule has 0 spiro atoms. The molecule has 1 aromatic heterocycles. The predicted octanol–water partition coefficient (Wildman–Crippen LogP) is 3.94. The van der Waals surface area contributed by atoms with Crippen molar-refractivity contribution in [3.05, 3.63) is 77.6 Å². The van der Waals surface area contributed by atoms with E-state index in [1.807, 2.05) is 0 Å². The van der Waals surface area contributed by atoms with E-state index in [-0.39, 0.29) is 16.3 Å². The number of aromatic nitrogens is 1. The second-order valence-electron chi connectivity index (χ2n) is 8.62. The molecular weight excluding hydrogens is 470 g/mol. The third-order valence-corrected chi connectivity index (χ3v) is 7.83. The van der Waals surface area contributed by atoms with Crippen LogP contribution in [0.25, 0.3) is 0 Å². The van der Waals surface area contributed by atoms with Gasteiger partial charge in [-0.3, -0.25) is 4.79 Å². The highest BCUT2D eigenvalue weighted by molar-refractivity contribution is 7.89. The van der Waals surface area contributed by atoms with E-state index in [0.29, 0.717) is 30.3 Å². The first-order valence-corrected chi connectivity index (χ1v) is 12.8. The maximum Gasteiger partial charge on any atom is 0.339 e. The van der Waals surface area contributed by atoms with Gasteiger partial charge in [0.2, 0.25) is 16.1 Å². The zero-order chi connectivity index (χ0) is 25.0. The summed E-state index contributed by atoms with van der Waals surface area (Å²) in [4.78, 5) is 25.9. The summed E-state index contributed by atoms with van der Waals surface area (Å²) in [5.41, 5.74) is 0.597. The third-order valence-electron chi connectivity index (χ3n) is 5.91. The number of carbonyl (C=O) groups excluding carboxylic acids is 2. The Bertz CT molecular complexity index is 1280. The molecule has 2 aromatic carbocycles. The van der Waals surface area contributed by atoms with Gasteiger partial charge in [0.25, 0.3) is 5.91 Å². The first-order chi connectivity index (χ1) is 16.7. The van der Waals surface area contributed by atoms with Crippen LogP contribution in [-0.2, 0) is 19.6 Å². The monoisotopic (exact) mass is 497 g/mol. The SMILES string of the molecule is Cc1cc(NC(=O)C(OC(=O)c2ccc(S(=O)(=O)N3CCC(C)CC3)cc2)c2ccccc2)no1. The molecule has 2 heterocycles. The minimum atomic E-state index is -3.64. The van der Waals surface area contributed by atoms with E-state index in [1.165, 1.54) is 28.6 Å². The van der Waals surface area contributed by atoms with Crippen molar-refractivity contribution in [2.24, 2.45) is 5.92 Å². The van der Waals surface area contributed by atoms with Crippen LogP contribution in [0.15, 0.2) is 70.1 Å². The summed E-state index contributed by atoms with van der Waals surface area (Å²) in [6, 6.07) is 15.7. The van der Waals surface area contributed by atoms with Crippen LogP contribution in [0.3, 0.4) is 0 Å². The van der Waals surface area contributed by atoms with Gasteiger partial charge in [-0.15, -0.1) is 0 Å². The van der Waals surface area contributed by atoms with Crippen LogP contribution in [0.4, 0.5) is 5.82 Å². The van der Waals surface area contributed by atoms with Gasteiger partial charge in [-0.1, -0.05) is 42.4 Å². The molecule has 0 bridgehead atoms. The van der Waals surface area contributed by atoms with Crippen molar-refractivity contribution in [2.75, 3.05) is 18.4 Å². The number of hydrogen-bond acceptors (Lipinski definition) is 7. The number of esters is 1. The summed E-state index contributed by atoms with van der Waals surface area (Å²) in [5, 5.41) is 6.32. The number of rotatable bonds is 7. The van der Waals surface area contributed by atoms with Crippen LogP contribution in [0.1, 0.15) is 47.6 Å². The summed E-state index contributed by atoms with van der Waals surface area (Å²) in [5.74, 6) is -0.145. The minimum Gasteiger partial charge on any atom is -0.444 e. The van der Waals surface area contributed by atoms with Crippen LogP contribution in [0.5, 0.6) is 0 Å². The molecule has 35 heavy (non-hydrogen) atoms. The number of sulfonamides is 1. The fourth-order valence-electron chi connectivity index (χ4n) is 3.83. The molecule has 1 aliphatic heterocycles. The van der Waals surface area contributed by atoms with E-state index in [0.717, 1.165) is 12.8 Å². The second-order valence-corrected chi connectivity index (χ2v) is 10.6. The molecule has 9 nitrogen and oxygen atoms in total. The molecule has 3 aromatic rings. The molecule has 1 N–H and O–H groups in total. The van der Waals surface area contributed by atoms with Crippen molar-refractivity contribution in [1.82, 2.24) is 9.46 Å². The molecule has 1 saturated heterocycles. The number of benzene rings is 2. The first kappa shape index (κ1) is 24.6. The van der Waals surface area contributed by atoms with E-state index >= 15 is 0 Å². The lowest BCUT2D eigenvalue weighted by atomic mass is 10.0. The lowest BCUT2D eigenvalue weighted by Crippen LogP contribution is -2.37. The molecule has 4 rings (SSSR count). The van der Waals surface area contributed by atoms with Gasteiger partial charge in [0.15, 0.2) is 5.82 Å². The van der Waals surface area contributed by atoms with E-state index in [4.69, 9.17) is 9.26 Å². The lowest BCUT2D eigenvalue weighted by Gasteiger charge is -2.29. The molecule has 1 aliphatic rings. The van der Waals surface area contributed by atoms with Crippen molar-refractivity contribution < 1.29 is 27.3 Å². The number of anilines is 1. The van der Waals surface area contributed by atoms with Gasteiger partial charge >= 0.3 is 5.97 Å². The largest absolute Gasteiger partial charge is 0.444 e. The van der Waals surface area contributed by atoms with Crippen LogP contribution < -0.4 is 5.32 Å². The van der Waals surface area contributed by atoms with Crippen molar-refractivity contribution in [1.29, 1.82) is 0 Å². The highest BCUT2D eigenvalue weighted by Gasteiger charge is 2.29. The average Bonchev–Trinajstić information content (AvgIpc) is 3.27. The molecule has 10 heteroatoms. The van der Waals surface area contributed by atoms with Gasteiger partial charge in [-0.25, -0.2) is 13.2 Å². The highest BCUT2D eigenvalue weighted by Crippen LogP contribution is 2.25. The Balaban J connectivity index is 1.50. The molecule has 0 saturated carbocycles. The zero-order valence-corrected chi connectivity index (χ0v) is 20.3. The molecule has 0 radical (unpaired) electrons. The molecule has 184 valence electrons. The standard InChI is InChI=1S/C25H27N3O6S/c1-17-12-14-28(15-13-17)35(31,32)21-10-8-20(9-11-21)25(30)33-23(19-6-4-3-5-7-19)24(29)26-22-16-18(2)34-27-22/h3-11,16-17,23H,12-15H2,1-2H3,(H,26,27,29). The van der Waals surface area contributed by atoms with Crippen LogP contribution in [0.2, 0.25) is 0 Å². The van der Waals surface area contributed by atoms with Gasteiger partial charge in [-0.2, -0.15) is 4.31 Å². The number of hydrogen-bond donors (Lipinski definition) is 1. The molecule has 0 aliphatic carbocycles. The van der Waals surface area contributed by atoms with Crippen LogP contribution >= 0.6 is 0 Å². The predicted molar refractivity (Wildman–Crippen MR) is 128 cm³/mol. The minimum absolute atomic E-state index is 0.113. The van der Waals surface area contributed by atoms with Crippen molar-refractivity contribution in [3.8, 4) is 0 Å². The summed E-state index contributed by atoms with van der Waals surface area (Å²) < 4.78 is 37.9. The number of nitrogens with zero attached hydrogens (tertiary/aromatic N) is 2. The number of ether oxygens (including phenoxy) is 1. The van der Waals surface area contributed by atoms with Gasteiger partial charge in [0.1, 0.15) is 5.76 Å². The summed E-state index contributed by atoms with van der Waals surface area (Å²) in [6.45, 7) is 4.76. The van der Waals surface area contributed by atoms with Crippen molar-refractivity contribution in [2.45, 2.75) is 37.7 Å². The van der Waals surface area contributed by atoms with Crippen LogP contribution in [0, 0.1) is 12.8 Å². The van der Waals surface area contributed by atoms with Crippen molar-refractivity contribution >= 4 is 27.7 Å². The second kappa shape index (κ2) is 10.4. The highest BCUT2D eigenvalue weighted by atomic mass is 32.2. The fourth-order valence-corrected chi connectivity index (χ4v) is 5.30. The Kier molecular flexibility index (Phi) is 7.32. The Labute approximate surface area is 204 Å². The average molecular weight is 498 g/mol. The normalized spacial score (nSPS) is 15.9. The van der Waals surface area contributed by atoms with Gasteiger partial charge in [0, 0.05) is 24.7 Å². The van der Waals surface area contributed by atoms with E-state index in [1.54, 1.807) is 43.3 Å². The Morgan fingerprint density at radius 3 is 2.34 bits per heavy atom. The van der Waals surface area contributed by atoms with Gasteiger partial charge < -0.3 is 14.6 Å². The first-order valence-electron chi connectivity index (χ1n) is 11.3. The maximum atomic E-state index is 12.9. The topological polar surface area (TPSA) is 119 Å². The molecular formula is C25H27N3O6S. The fraction of sp³-hybridized carbons (Fsp3) is 0.320. The number of aryl methyl sites for hydroxylation is 1. The summed E-state index contributed by atoms with van der Waals surface area (Å²) in [6.07, 6.45) is 0.389. The van der Waals surface area contributed by atoms with Crippen molar-refractivity contribution in [3.63, 3.8) is 0 Å². The number of nitrogens with one attached hydrogen (secondary N) is 1.